The average molecular weight is 304 g/mol. The molecule has 0 aliphatic carbocycles. The van der Waals surface area contributed by atoms with Crippen LogP contribution in [0.15, 0.2) is 53.0 Å². The van der Waals surface area contributed by atoms with E-state index in [9.17, 15) is 0 Å². The molecule has 0 spiro atoms. The van der Waals surface area contributed by atoms with Crippen LogP contribution in [0.5, 0.6) is 5.75 Å². The van der Waals surface area contributed by atoms with Crippen molar-refractivity contribution in [3.05, 3.63) is 58.6 Å². The summed E-state index contributed by atoms with van der Waals surface area (Å²) in [4.78, 5) is 0. The predicted molar refractivity (Wildman–Crippen MR) is 77.3 cm³/mol. The summed E-state index contributed by atoms with van der Waals surface area (Å²) in [7, 11) is 0. The second-order valence-electron chi connectivity index (χ2n) is 4.43. The molecule has 0 saturated carbocycles. The number of hydrogen-bond acceptors (Lipinski definition) is 2. The van der Waals surface area contributed by atoms with Crippen molar-refractivity contribution < 1.29 is 4.74 Å². The molecule has 0 fully saturated rings. The Bertz CT molecular complexity index is 538. The maximum absolute atomic E-state index is 5.84. The van der Waals surface area contributed by atoms with E-state index in [-0.39, 0.29) is 0 Å². The van der Waals surface area contributed by atoms with Gasteiger partial charge in [0, 0.05) is 22.6 Å². The van der Waals surface area contributed by atoms with Crippen LogP contribution in [0, 0.1) is 0 Å². The minimum atomic E-state index is 0.435. The number of rotatable bonds is 3. The number of para-hydroxylation sites is 1. The lowest BCUT2D eigenvalue weighted by molar-refractivity contribution is 0.296. The lowest BCUT2D eigenvalue weighted by Crippen LogP contribution is -2.12. The van der Waals surface area contributed by atoms with Gasteiger partial charge in [0.05, 0.1) is 6.61 Å². The largest absolute Gasteiger partial charge is 0.493 e. The van der Waals surface area contributed by atoms with Crippen molar-refractivity contribution in [2.24, 2.45) is 0 Å². The molecule has 1 heterocycles. The second kappa shape index (κ2) is 5.02. The van der Waals surface area contributed by atoms with Gasteiger partial charge in [0.15, 0.2) is 0 Å². The summed E-state index contributed by atoms with van der Waals surface area (Å²) >= 11 is 3.42. The Morgan fingerprint density at radius 1 is 1.11 bits per heavy atom. The maximum Gasteiger partial charge on any atom is 0.119 e. The fourth-order valence-electron chi connectivity index (χ4n) is 2.23. The topological polar surface area (TPSA) is 21.3 Å². The van der Waals surface area contributed by atoms with Crippen LogP contribution in [-0.2, 0) is 0 Å². The van der Waals surface area contributed by atoms with Gasteiger partial charge in [-0.1, -0.05) is 34.1 Å². The third-order valence-electron chi connectivity index (χ3n) is 3.20. The van der Waals surface area contributed by atoms with Gasteiger partial charge in [0.1, 0.15) is 5.75 Å². The zero-order chi connectivity index (χ0) is 12.4. The first-order valence-electron chi connectivity index (χ1n) is 6.04. The summed E-state index contributed by atoms with van der Waals surface area (Å²) in [6.45, 7) is 1.67. The van der Waals surface area contributed by atoms with Crippen LogP contribution in [0.4, 0.5) is 5.69 Å². The molecule has 0 bridgehead atoms. The lowest BCUT2D eigenvalue weighted by Gasteiger charge is -2.12. The van der Waals surface area contributed by atoms with E-state index in [0.29, 0.717) is 12.5 Å². The Labute approximate surface area is 115 Å². The number of nitrogens with one attached hydrogen (secondary N) is 1. The van der Waals surface area contributed by atoms with Crippen LogP contribution < -0.4 is 10.1 Å². The SMILES string of the molecule is Brc1ccc(OCC2CNc3ccccc32)cc1. The third-order valence-corrected chi connectivity index (χ3v) is 3.73. The summed E-state index contributed by atoms with van der Waals surface area (Å²) in [5, 5.41) is 3.41. The molecule has 2 aromatic rings. The van der Waals surface area contributed by atoms with E-state index in [1.54, 1.807) is 0 Å². The first-order valence-corrected chi connectivity index (χ1v) is 6.83. The Balaban J connectivity index is 1.67. The van der Waals surface area contributed by atoms with Gasteiger partial charge >= 0.3 is 0 Å². The van der Waals surface area contributed by atoms with Gasteiger partial charge in [0.25, 0.3) is 0 Å². The fraction of sp³-hybridized carbons (Fsp3) is 0.200. The average Bonchev–Trinajstić information content (AvgIpc) is 2.82. The third kappa shape index (κ3) is 2.36. The van der Waals surface area contributed by atoms with Crippen molar-refractivity contribution in [2.75, 3.05) is 18.5 Å². The molecule has 3 rings (SSSR count). The van der Waals surface area contributed by atoms with E-state index in [0.717, 1.165) is 16.8 Å². The summed E-state index contributed by atoms with van der Waals surface area (Å²) in [5.41, 5.74) is 2.59. The van der Waals surface area contributed by atoms with Gasteiger partial charge in [-0.2, -0.15) is 0 Å². The highest BCUT2D eigenvalue weighted by Crippen LogP contribution is 2.31. The summed E-state index contributed by atoms with van der Waals surface area (Å²) < 4.78 is 6.91. The van der Waals surface area contributed by atoms with Crippen molar-refractivity contribution >= 4 is 21.6 Å². The molecular formula is C15H14BrNO. The van der Waals surface area contributed by atoms with Crippen molar-refractivity contribution in [2.45, 2.75) is 5.92 Å². The fourth-order valence-corrected chi connectivity index (χ4v) is 2.50. The molecule has 92 valence electrons. The first kappa shape index (κ1) is 11.6. The molecule has 2 nitrogen and oxygen atoms in total. The van der Waals surface area contributed by atoms with E-state index in [4.69, 9.17) is 4.74 Å². The molecule has 1 aliphatic heterocycles. The zero-order valence-electron chi connectivity index (χ0n) is 9.90. The van der Waals surface area contributed by atoms with Crippen molar-refractivity contribution in [3.8, 4) is 5.75 Å². The minimum Gasteiger partial charge on any atom is -0.493 e. The normalized spacial score (nSPS) is 17.1. The van der Waals surface area contributed by atoms with Crippen LogP contribution in [-0.4, -0.2) is 13.2 Å². The molecule has 1 aliphatic rings. The summed E-state index contributed by atoms with van der Waals surface area (Å²) in [5.74, 6) is 1.35. The van der Waals surface area contributed by atoms with Crippen LogP contribution in [0.25, 0.3) is 0 Å². The lowest BCUT2D eigenvalue weighted by atomic mass is 10.0. The van der Waals surface area contributed by atoms with E-state index in [2.05, 4.69) is 45.5 Å². The molecule has 1 atom stereocenters. The molecule has 3 heteroatoms. The quantitative estimate of drug-likeness (QED) is 0.924. The molecule has 2 aromatic carbocycles. The van der Waals surface area contributed by atoms with Crippen LogP contribution in [0.3, 0.4) is 0 Å². The number of halogens is 1. The minimum absolute atomic E-state index is 0.435. The molecule has 1 unspecified atom stereocenters. The molecule has 0 radical (unpaired) electrons. The van der Waals surface area contributed by atoms with E-state index in [1.807, 2.05) is 24.3 Å². The maximum atomic E-state index is 5.84. The molecular weight excluding hydrogens is 290 g/mol. The van der Waals surface area contributed by atoms with Gasteiger partial charge < -0.3 is 10.1 Å². The zero-order valence-corrected chi connectivity index (χ0v) is 11.5. The van der Waals surface area contributed by atoms with Crippen molar-refractivity contribution in [1.29, 1.82) is 0 Å². The number of benzene rings is 2. The van der Waals surface area contributed by atoms with Crippen LogP contribution in [0.2, 0.25) is 0 Å². The Morgan fingerprint density at radius 3 is 2.72 bits per heavy atom. The van der Waals surface area contributed by atoms with Crippen molar-refractivity contribution in [3.63, 3.8) is 0 Å². The summed E-state index contributed by atoms with van der Waals surface area (Å²) in [6, 6.07) is 16.4. The number of hydrogen-bond donors (Lipinski definition) is 1. The Hall–Kier alpha value is -1.48. The molecule has 0 saturated heterocycles. The van der Waals surface area contributed by atoms with Gasteiger partial charge in [-0.25, -0.2) is 0 Å². The van der Waals surface area contributed by atoms with E-state index in [1.165, 1.54) is 11.3 Å². The monoisotopic (exact) mass is 303 g/mol. The van der Waals surface area contributed by atoms with Gasteiger partial charge in [-0.15, -0.1) is 0 Å². The second-order valence-corrected chi connectivity index (χ2v) is 5.35. The highest BCUT2D eigenvalue weighted by Gasteiger charge is 2.21. The molecule has 18 heavy (non-hydrogen) atoms. The van der Waals surface area contributed by atoms with E-state index < -0.39 is 0 Å². The van der Waals surface area contributed by atoms with Crippen molar-refractivity contribution in [1.82, 2.24) is 0 Å². The highest BCUT2D eigenvalue weighted by molar-refractivity contribution is 9.10. The first-order chi connectivity index (χ1) is 8.83. The Kier molecular flexibility index (Phi) is 3.24. The van der Waals surface area contributed by atoms with Gasteiger partial charge in [-0.05, 0) is 35.9 Å². The van der Waals surface area contributed by atoms with Crippen LogP contribution >= 0.6 is 15.9 Å². The predicted octanol–water partition coefficient (Wildman–Crippen LogP) is 4.04. The van der Waals surface area contributed by atoms with Crippen LogP contribution in [0.1, 0.15) is 11.5 Å². The smallest absolute Gasteiger partial charge is 0.119 e. The highest BCUT2D eigenvalue weighted by atomic mass is 79.9. The molecule has 0 aromatic heterocycles. The standard InChI is InChI=1S/C15H14BrNO/c16-12-5-7-13(8-6-12)18-10-11-9-17-15-4-2-1-3-14(11)15/h1-8,11,17H,9-10H2. The van der Waals surface area contributed by atoms with Gasteiger partial charge in [-0.3, -0.25) is 0 Å². The number of anilines is 1. The number of ether oxygens (including phenoxy) is 1. The summed E-state index contributed by atoms with van der Waals surface area (Å²) in [6.07, 6.45) is 0. The number of fused-ring (bicyclic) bond motifs is 1. The van der Waals surface area contributed by atoms with E-state index >= 15 is 0 Å². The molecule has 1 N–H and O–H groups in total. The Morgan fingerprint density at radius 2 is 1.89 bits per heavy atom. The molecule has 0 amide bonds. The van der Waals surface area contributed by atoms with Gasteiger partial charge in [0.2, 0.25) is 0 Å².